The Morgan fingerprint density at radius 3 is 2.33 bits per heavy atom. The Hall–Kier alpha value is -1.66. The van der Waals surface area contributed by atoms with Crippen LogP contribution in [0.25, 0.3) is 0 Å². The first kappa shape index (κ1) is 15.7. The molecule has 0 amide bonds. The van der Waals surface area contributed by atoms with Crippen molar-refractivity contribution in [1.82, 2.24) is 14.1 Å². The molecule has 2 rings (SSSR count). The molecule has 0 aliphatic rings. The predicted molar refractivity (Wildman–Crippen MR) is 82.6 cm³/mol. The van der Waals surface area contributed by atoms with Gasteiger partial charge in [-0.15, -0.1) is 0 Å². The van der Waals surface area contributed by atoms with Crippen LogP contribution < -0.4 is 0 Å². The van der Waals surface area contributed by atoms with Gasteiger partial charge in [-0.2, -0.15) is 9.40 Å². The fourth-order valence-electron chi connectivity index (χ4n) is 2.31. The SMILES string of the molecule is CCN(CC)S(=O)(=O)c1cn(Cc2ccccc2)nc1C. The Balaban J connectivity index is 2.31. The van der Waals surface area contributed by atoms with Crippen molar-refractivity contribution in [2.24, 2.45) is 0 Å². The number of benzene rings is 1. The van der Waals surface area contributed by atoms with Crippen LogP contribution in [-0.2, 0) is 16.6 Å². The van der Waals surface area contributed by atoms with Crippen LogP contribution in [0, 0.1) is 6.92 Å². The molecule has 21 heavy (non-hydrogen) atoms. The van der Waals surface area contributed by atoms with E-state index in [-0.39, 0.29) is 0 Å². The van der Waals surface area contributed by atoms with Crippen molar-refractivity contribution in [2.75, 3.05) is 13.1 Å². The molecule has 6 heteroatoms. The maximum absolute atomic E-state index is 12.6. The lowest BCUT2D eigenvalue weighted by molar-refractivity contribution is 0.445. The smallest absolute Gasteiger partial charge is 0.246 e. The van der Waals surface area contributed by atoms with Crippen LogP contribution in [0.5, 0.6) is 0 Å². The summed E-state index contributed by atoms with van der Waals surface area (Å²) in [5.74, 6) is 0. The summed E-state index contributed by atoms with van der Waals surface area (Å²) in [6.07, 6.45) is 1.62. The summed E-state index contributed by atoms with van der Waals surface area (Å²) in [5.41, 5.74) is 1.63. The van der Waals surface area contributed by atoms with E-state index in [0.717, 1.165) is 5.56 Å². The van der Waals surface area contributed by atoms with Crippen molar-refractivity contribution < 1.29 is 8.42 Å². The van der Waals surface area contributed by atoms with E-state index in [0.29, 0.717) is 30.2 Å². The highest BCUT2D eigenvalue weighted by Crippen LogP contribution is 2.19. The zero-order chi connectivity index (χ0) is 15.5. The molecule has 0 aliphatic carbocycles. The molecule has 1 aromatic carbocycles. The summed E-state index contributed by atoms with van der Waals surface area (Å²) in [6.45, 7) is 6.90. The minimum atomic E-state index is -3.45. The summed E-state index contributed by atoms with van der Waals surface area (Å²) >= 11 is 0. The fraction of sp³-hybridized carbons (Fsp3) is 0.400. The highest BCUT2D eigenvalue weighted by atomic mass is 32.2. The first-order valence-corrected chi connectivity index (χ1v) is 8.51. The van der Waals surface area contributed by atoms with Crippen molar-refractivity contribution in [3.8, 4) is 0 Å². The lowest BCUT2D eigenvalue weighted by Crippen LogP contribution is -2.30. The molecule has 0 N–H and O–H groups in total. The average molecular weight is 307 g/mol. The zero-order valence-corrected chi connectivity index (χ0v) is 13.5. The molecule has 0 unspecified atom stereocenters. The van der Waals surface area contributed by atoms with Gasteiger partial charge in [0.1, 0.15) is 4.90 Å². The van der Waals surface area contributed by atoms with Gasteiger partial charge in [-0.05, 0) is 12.5 Å². The van der Waals surface area contributed by atoms with Gasteiger partial charge in [0.15, 0.2) is 0 Å². The summed E-state index contributed by atoms with van der Waals surface area (Å²) in [4.78, 5) is 0.294. The molecule has 0 bridgehead atoms. The summed E-state index contributed by atoms with van der Waals surface area (Å²) in [6, 6.07) is 9.86. The van der Waals surface area contributed by atoms with Crippen LogP contribution in [0.1, 0.15) is 25.1 Å². The van der Waals surface area contributed by atoms with Gasteiger partial charge in [0.05, 0.1) is 12.2 Å². The van der Waals surface area contributed by atoms with Crippen molar-refractivity contribution in [2.45, 2.75) is 32.2 Å². The summed E-state index contributed by atoms with van der Waals surface area (Å²) in [7, 11) is -3.45. The lowest BCUT2D eigenvalue weighted by atomic mass is 10.2. The molecule has 0 saturated heterocycles. The summed E-state index contributed by atoms with van der Waals surface area (Å²) in [5, 5.41) is 4.33. The van der Waals surface area contributed by atoms with Gasteiger partial charge in [-0.3, -0.25) is 4.68 Å². The van der Waals surface area contributed by atoms with Gasteiger partial charge in [0.2, 0.25) is 10.0 Å². The number of aromatic nitrogens is 2. The largest absolute Gasteiger partial charge is 0.267 e. The number of aryl methyl sites for hydroxylation is 1. The third-order valence-electron chi connectivity index (χ3n) is 3.41. The Morgan fingerprint density at radius 1 is 1.14 bits per heavy atom. The number of hydrogen-bond donors (Lipinski definition) is 0. The molecule has 0 atom stereocenters. The van der Waals surface area contributed by atoms with Gasteiger partial charge in [0.25, 0.3) is 0 Å². The Bertz CT molecular complexity index is 689. The standard InChI is InChI=1S/C15H21N3O2S/c1-4-18(5-2)21(19,20)15-12-17(16-13(15)3)11-14-9-7-6-8-10-14/h6-10,12H,4-5,11H2,1-3H3. The topological polar surface area (TPSA) is 55.2 Å². The van der Waals surface area contributed by atoms with E-state index in [4.69, 9.17) is 0 Å². The number of hydrogen-bond acceptors (Lipinski definition) is 3. The Kier molecular flexibility index (Phi) is 4.80. The van der Waals surface area contributed by atoms with Gasteiger partial charge >= 0.3 is 0 Å². The normalized spacial score (nSPS) is 12.0. The number of sulfonamides is 1. The molecule has 0 fully saturated rings. The maximum atomic E-state index is 12.6. The number of nitrogens with zero attached hydrogens (tertiary/aromatic N) is 3. The molecular weight excluding hydrogens is 286 g/mol. The van der Waals surface area contributed by atoms with Crippen molar-refractivity contribution >= 4 is 10.0 Å². The Morgan fingerprint density at radius 2 is 1.76 bits per heavy atom. The third kappa shape index (κ3) is 3.33. The minimum absolute atomic E-state index is 0.294. The molecule has 114 valence electrons. The van der Waals surface area contributed by atoms with Crippen molar-refractivity contribution in [1.29, 1.82) is 0 Å². The zero-order valence-electron chi connectivity index (χ0n) is 12.7. The van der Waals surface area contributed by atoms with Gasteiger partial charge < -0.3 is 0 Å². The van der Waals surface area contributed by atoms with Crippen LogP contribution in [-0.4, -0.2) is 35.6 Å². The van der Waals surface area contributed by atoms with E-state index in [9.17, 15) is 8.42 Å². The van der Waals surface area contributed by atoms with E-state index in [1.165, 1.54) is 4.31 Å². The molecule has 0 aliphatic heterocycles. The molecule has 5 nitrogen and oxygen atoms in total. The fourth-order valence-corrected chi connectivity index (χ4v) is 3.93. The van der Waals surface area contributed by atoms with Gasteiger partial charge in [-0.1, -0.05) is 44.2 Å². The third-order valence-corrected chi connectivity index (χ3v) is 5.56. The minimum Gasteiger partial charge on any atom is -0.267 e. The van der Waals surface area contributed by atoms with Gasteiger partial charge in [0, 0.05) is 19.3 Å². The first-order valence-electron chi connectivity index (χ1n) is 7.07. The van der Waals surface area contributed by atoms with E-state index in [1.807, 2.05) is 44.2 Å². The highest BCUT2D eigenvalue weighted by Gasteiger charge is 2.25. The lowest BCUT2D eigenvalue weighted by Gasteiger charge is -2.17. The molecule has 0 spiro atoms. The molecular formula is C15H21N3O2S. The molecule has 1 aromatic heterocycles. The van der Waals surface area contributed by atoms with Crippen LogP contribution in [0.4, 0.5) is 0 Å². The second-order valence-electron chi connectivity index (χ2n) is 4.85. The van der Waals surface area contributed by atoms with Crippen LogP contribution >= 0.6 is 0 Å². The Labute approximate surface area is 126 Å². The monoisotopic (exact) mass is 307 g/mol. The van der Waals surface area contributed by atoms with E-state index in [1.54, 1.807) is 17.8 Å². The predicted octanol–water partition coefficient (Wildman–Crippen LogP) is 2.27. The van der Waals surface area contributed by atoms with E-state index >= 15 is 0 Å². The van der Waals surface area contributed by atoms with Crippen LogP contribution in [0.3, 0.4) is 0 Å². The molecule has 0 radical (unpaired) electrons. The van der Waals surface area contributed by atoms with Crippen LogP contribution in [0.2, 0.25) is 0 Å². The van der Waals surface area contributed by atoms with Crippen molar-refractivity contribution in [3.05, 3.63) is 47.8 Å². The summed E-state index contributed by atoms with van der Waals surface area (Å²) < 4.78 is 28.2. The first-order chi connectivity index (χ1) is 9.98. The second kappa shape index (κ2) is 6.41. The molecule has 0 saturated carbocycles. The number of rotatable bonds is 6. The maximum Gasteiger partial charge on any atom is 0.246 e. The molecule has 1 heterocycles. The highest BCUT2D eigenvalue weighted by molar-refractivity contribution is 7.89. The van der Waals surface area contributed by atoms with E-state index < -0.39 is 10.0 Å². The average Bonchev–Trinajstić information content (AvgIpc) is 2.82. The van der Waals surface area contributed by atoms with Crippen molar-refractivity contribution in [3.63, 3.8) is 0 Å². The molecule has 2 aromatic rings. The van der Waals surface area contributed by atoms with Crippen LogP contribution in [0.15, 0.2) is 41.4 Å². The van der Waals surface area contributed by atoms with Gasteiger partial charge in [-0.25, -0.2) is 8.42 Å². The second-order valence-corrected chi connectivity index (χ2v) is 6.76. The van der Waals surface area contributed by atoms with E-state index in [2.05, 4.69) is 5.10 Å². The quantitative estimate of drug-likeness (QED) is 0.822.